The third-order valence-corrected chi connectivity index (χ3v) is 7.88. The Balaban J connectivity index is 0.000000671. The summed E-state index contributed by atoms with van der Waals surface area (Å²) in [6, 6.07) is 8.61. The van der Waals surface area contributed by atoms with Crippen LogP contribution in [-0.4, -0.2) is 25.6 Å². The molecule has 0 N–H and O–H groups in total. The van der Waals surface area contributed by atoms with E-state index in [0.29, 0.717) is 17.3 Å². The Morgan fingerprint density at radius 3 is 2.18 bits per heavy atom. The summed E-state index contributed by atoms with van der Waals surface area (Å²) >= 11 is 1.64. The topological polar surface area (TPSA) is 68.7 Å². The van der Waals surface area contributed by atoms with Crippen LogP contribution >= 0.6 is 11.8 Å². The Hall–Kier alpha value is -2.67. The SMILES string of the molecule is C/C=C(/CC)N=C(CS/C(=N/c1c(C)c(=O)n(C)c(=O)n1C)C(C)C)C(C)CC.CCc1cccc(C)c1. The van der Waals surface area contributed by atoms with Gasteiger partial charge in [-0.15, -0.1) is 11.8 Å². The predicted molar refractivity (Wildman–Crippen MR) is 168 cm³/mol. The van der Waals surface area contributed by atoms with Gasteiger partial charge in [0, 0.05) is 37.2 Å². The first-order valence-corrected chi connectivity index (χ1v) is 14.7. The van der Waals surface area contributed by atoms with Crippen molar-refractivity contribution in [2.75, 3.05) is 5.75 Å². The molecular weight excluding hydrogens is 492 g/mol. The Morgan fingerprint density at radius 2 is 1.71 bits per heavy atom. The molecule has 6 nitrogen and oxygen atoms in total. The summed E-state index contributed by atoms with van der Waals surface area (Å²) < 4.78 is 2.56. The van der Waals surface area contributed by atoms with Gasteiger partial charge in [0.25, 0.3) is 5.56 Å². The molecule has 0 aliphatic rings. The van der Waals surface area contributed by atoms with E-state index in [0.717, 1.165) is 46.0 Å². The Morgan fingerprint density at radius 1 is 1.05 bits per heavy atom. The molecular formula is C31H48N4O2S. The van der Waals surface area contributed by atoms with Gasteiger partial charge in [0.2, 0.25) is 0 Å². The molecule has 0 amide bonds. The summed E-state index contributed by atoms with van der Waals surface area (Å²) in [5, 5.41) is 0.894. The first-order valence-electron chi connectivity index (χ1n) is 13.7. The number of rotatable bonds is 9. The lowest BCUT2D eigenvalue weighted by Gasteiger charge is -2.17. The molecule has 1 unspecified atom stereocenters. The van der Waals surface area contributed by atoms with Gasteiger partial charge in [-0.2, -0.15) is 0 Å². The van der Waals surface area contributed by atoms with Crippen molar-refractivity contribution >= 4 is 28.3 Å². The summed E-state index contributed by atoms with van der Waals surface area (Å²) in [6.07, 6.45) is 5.13. The summed E-state index contributed by atoms with van der Waals surface area (Å²) in [5.74, 6) is 1.72. The average Bonchev–Trinajstić information content (AvgIpc) is 2.91. The van der Waals surface area contributed by atoms with E-state index in [1.54, 1.807) is 25.7 Å². The molecule has 2 rings (SSSR count). The second kappa shape index (κ2) is 16.3. The lowest BCUT2D eigenvalue weighted by atomic mass is 10.0. The molecule has 1 aromatic heterocycles. The second-order valence-corrected chi connectivity index (χ2v) is 10.9. The number of hydrogen-bond donors (Lipinski definition) is 0. The number of aliphatic imine (C=N–C) groups is 2. The number of hydrogen-bond acceptors (Lipinski definition) is 5. The molecule has 0 fully saturated rings. The fraction of sp³-hybridized carbons (Fsp3) is 0.548. The van der Waals surface area contributed by atoms with E-state index in [9.17, 15) is 9.59 Å². The zero-order valence-electron chi connectivity index (χ0n) is 25.4. The fourth-order valence-corrected chi connectivity index (χ4v) is 4.85. The van der Waals surface area contributed by atoms with Gasteiger partial charge in [0.05, 0.1) is 10.6 Å². The monoisotopic (exact) mass is 540 g/mol. The molecule has 1 atom stereocenters. The van der Waals surface area contributed by atoms with E-state index in [1.165, 1.54) is 22.7 Å². The highest BCUT2D eigenvalue weighted by Crippen LogP contribution is 2.23. The maximum absolute atomic E-state index is 12.3. The lowest BCUT2D eigenvalue weighted by molar-refractivity contribution is 0.680. The van der Waals surface area contributed by atoms with Gasteiger partial charge >= 0.3 is 5.69 Å². The molecule has 0 saturated heterocycles. The Kier molecular flexibility index (Phi) is 14.3. The largest absolute Gasteiger partial charge is 0.332 e. The van der Waals surface area contributed by atoms with Crippen LogP contribution in [0.15, 0.2) is 55.6 Å². The zero-order valence-corrected chi connectivity index (χ0v) is 26.2. The average molecular weight is 541 g/mol. The van der Waals surface area contributed by atoms with E-state index < -0.39 is 0 Å². The van der Waals surface area contributed by atoms with Gasteiger partial charge < -0.3 is 0 Å². The highest BCUT2D eigenvalue weighted by molar-refractivity contribution is 8.14. The van der Waals surface area contributed by atoms with Crippen molar-refractivity contribution < 1.29 is 0 Å². The molecule has 0 bridgehead atoms. The standard InChI is InChI=1S/C22H36N4O2S.C9H12/c1-10-15(6)18(23-17(11-2)12-3)13-29-20(14(4)5)24-19-16(7)21(27)26(9)22(28)25(19)8;1-3-9-6-4-5-8(2)7-9/h11,14-15H,10,12-13H2,1-9H3;4-7H,3H2,1-2H3/b17-11-,23-18?,24-20+;. The van der Waals surface area contributed by atoms with Crippen LogP contribution in [0, 0.1) is 25.7 Å². The summed E-state index contributed by atoms with van der Waals surface area (Å²) in [4.78, 5) is 34.3. The minimum absolute atomic E-state index is 0.170. The smallest absolute Gasteiger partial charge is 0.281 e. The quantitative estimate of drug-likeness (QED) is 0.250. The first kappa shape index (κ1) is 33.4. The van der Waals surface area contributed by atoms with Gasteiger partial charge in [-0.05, 0) is 51.5 Å². The van der Waals surface area contributed by atoms with Gasteiger partial charge in [-0.25, -0.2) is 9.79 Å². The molecule has 7 heteroatoms. The number of aryl methyl sites for hydroxylation is 2. The van der Waals surface area contributed by atoms with Crippen molar-refractivity contribution in [1.82, 2.24) is 9.13 Å². The fourth-order valence-electron chi connectivity index (χ4n) is 3.72. The summed E-state index contributed by atoms with van der Waals surface area (Å²) in [6.45, 7) is 18.7. The number of benzene rings is 1. The van der Waals surface area contributed by atoms with Crippen LogP contribution < -0.4 is 11.2 Å². The van der Waals surface area contributed by atoms with Crippen molar-refractivity contribution in [2.45, 2.75) is 81.6 Å². The normalized spacial score (nSPS) is 13.4. The third-order valence-electron chi connectivity index (χ3n) is 6.58. The molecule has 0 aliphatic heterocycles. The first-order chi connectivity index (χ1) is 17.9. The third kappa shape index (κ3) is 9.57. The van der Waals surface area contributed by atoms with Crippen molar-refractivity contribution in [1.29, 1.82) is 0 Å². The molecule has 1 heterocycles. The second-order valence-electron chi connectivity index (χ2n) is 9.94. The minimum Gasteiger partial charge on any atom is -0.281 e. The number of nitrogens with zero attached hydrogens (tertiary/aromatic N) is 4. The van der Waals surface area contributed by atoms with Crippen LogP contribution in [0.1, 0.15) is 78.0 Å². The molecule has 0 radical (unpaired) electrons. The molecule has 38 heavy (non-hydrogen) atoms. The van der Waals surface area contributed by atoms with Gasteiger partial charge in [0.15, 0.2) is 0 Å². The van der Waals surface area contributed by atoms with E-state index >= 15 is 0 Å². The van der Waals surface area contributed by atoms with Crippen LogP contribution in [0.3, 0.4) is 0 Å². The molecule has 0 aliphatic carbocycles. The van der Waals surface area contributed by atoms with E-state index in [2.05, 4.69) is 78.8 Å². The Bertz CT molecular complexity index is 1230. The molecule has 2 aromatic rings. The zero-order chi connectivity index (χ0) is 29.0. The summed E-state index contributed by atoms with van der Waals surface area (Å²) in [7, 11) is 3.15. The van der Waals surface area contributed by atoms with Gasteiger partial charge in [-0.1, -0.05) is 77.4 Å². The van der Waals surface area contributed by atoms with Gasteiger partial charge in [0.1, 0.15) is 5.82 Å². The summed E-state index contributed by atoms with van der Waals surface area (Å²) in [5.41, 5.74) is 4.83. The van der Waals surface area contributed by atoms with Crippen LogP contribution in [0.4, 0.5) is 5.82 Å². The van der Waals surface area contributed by atoms with Crippen LogP contribution in [0.2, 0.25) is 0 Å². The van der Waals surface area contributed by atoms with E-state index in [4.69, 9.17) is 9.98 Å². The lowest BCUT2D eigenvalue weighted by Crippen LogP contribution is -2.38. The predicted octanol–water partition coefficient (Wildman–Crippen LogP) is 7.17. The van der Waals surface area contributed by atoms with Crippen LogP contribution in [0.5, 0.6) is 0 Å². The molecule has 210 valence electrons. The minimum atomic E-state index is -0.366. The highest BCUT2D eigenvalue weighted by atomic mass is 32.2. The van der Waals surface area contributed by atoms with Gasteiger partial charge in [-0.3, -0.25) is 18.9 Å². The maximum Gasteiger partial charge on any atom is 0.332 e. The number of thioether (sulfide) groups is 1. The van der Waals surface area contributed by atoms with Crippen molar-refractivity contribution in [3.8, 4) is 0 Å². The van der Waals surface area contributed by atoms with Crippen LogP contribution in [0.25, 0.3) is 0 Å². The van der Waals surface area contributed by atoms with E-state index in [1.807, 2.05) is 6.92 Å². The van der Waals surface area contributed by atoms with Crippen molar-refractivity contribution in [3.63, 3.8) is 0 Å². The molecule has 0 spiro atoms. The highest BCUT2D eigenvalue weighted by Gasteiger charge is 2.17. The van der Waals surface area contributed by atoms with Crippen molar-refractivity contribution in [2.24, 2.45) is 35.9 Å². The number of aromatic nitrogens is 2. The van der Waals surface area contributed by atoms with Crippen molar-refractivity contribution in [3.05, 3.63) is 73.6 Å². The molecule has 0 saturated carbocycles. The maximum atomic E-state index is 12.3. The van der Waals surface area contributed by atoms with Crippen LogP contribution in [-0.2, 0) is 20.5 Å². The Labute approximate surface area is 234 Å². The number of allylic oxidation sites excluding steroid dienone is 2. The van der Waals surface area contributed by atoms with E-state index in [-0.39, 0.29) is 17.2 Å². The molecule has 1 aromatic carbocycles.